The molecule has 1 N–H and O–H groups in total. The minimum atomic E-state index is 0.819. The minimum absolute atomic E-state index is 0.819. The number of nitrogens with zero attached hydrogens (tertiary/aromatic N) is 1. The predicted octanol–water partition coefficient (Wildman–Crippen LogP) is 2.73. The van der Waals surface area contributed by atoms with E-state index in [1.807, 2.05) is 5.38 Å². The maximum atomic E-state index is 5.11. The molecule has 0 aliphatic carbocycles. The van der Waals surface area contributed by atoms with Crippen LogP contribution in [0.15, 0.2) is 9.98 Å². The van der Waals surface area contributed by atoms with Gasteiger partial charge in [-0.2, -0.15) is 0 Å². The van der Waals surface area contributed by atoms with Crippen LogP contribution in [0.25, 0.3) is 0 Å². The van der Waals surface area contributed by atoms with E-state index in [4.69, 9.17) is 6.42 Å². The van der Waals surface area contributed by atoms with E-state index >= 15 is 0 Å². The van der Waals surface area contributed by atoms with Gasteiger partial charge in [-0.15, -0.1) is 23.7 Å². The number of nitrogens with one attached hydrogen (secondary N) is 1. The summed E-state index contributed by atoms with van der Waals surface area (Å²) in [6.45, 7) is 0.893. The second kappa shape index (κ2) is 5.18. The first-order valence-electron chi connectivity index (χ1n) is 3.61. The molecule has 1 rings (SSSR count). The van der Waals surface area contributed by atoms with Crippen molar-refractivity contribution in [3.8, 4) is 12.3 Å². The molecule has 1 aromatic heterocycles. The second-order valence-electron chi connectivity index (χ2n) is 2.21. The normalized spacial score (nSPS) is 9.33. The zero-order chi connectivity index (χ0) is 8.81. The van der Waals surface area contributed by atoms with Crippen LogP contribution < -0.4 is 5.32 Å². The van der Waals surface area contributed by atoms with Crippen LogP contribution in [0.5, 0.6) is 0 Å². The molecule has 0 atom stereocenters. The van der Waals surface area contributed by atoms with Crippen molar-refractivity contribution in [2.75, 3.05) is 11.9 Å². The molecule has 0 spiro atoms. The average molecular weight is 245 g/mol. The number of aromatic nitrogens is 1. The first kappa shape index (κ1) is 9.56. The summed E-state index contributed by atoms with van der Waals surface area (Å²) in [5, 5.41) is 6.07. The van der Waals surface area contributed by atoms with Crippen LogP contribution in [-0.2, 0) is 0 Å². The molecule has 0 saturated carbocycles. The van der Waals surface area contributed by atoms with E-state index < -0.39 is 0 Å². The van der Waals surface area contributed by atoms with Gasteiger partial charge in [0.1, 0.15) is 4.60 Å². The van der Waals surface area contributed by atoms with Gasteiger partial charge in [0.15, 0.2) is 5.13 Å². The summed E-state index contributed by atoms with van der Waals surface area (Å²) in [4.78, 5) is 4.18. The lowest BCUT2D eigenvalue weighted by Crippen LogP contribution is -1.99. The summed E-state index contributed by atoms with van der Waals surface area (Å²) in [6, 6.07) is 0. The molecular formula is C8H9BrN2S. The number of anilines is 1. The third-order valence-electron chi connectivity index (χ3n) is 1.25. The first-order valence-corrected chi connectivity index (χ1v) is 5.28. The maximum Gasteiger partial charge on any atom is 0.183 e. The topological polar surface area (TPSA) is 24.9 Å². The molecule has 1 heterocycles. The molecule has 0 fully saturated rings. The van der Waals surface area contributed by atoms with E-state index in [9.17, 15) is 0 Å². The van der Waals surface area contributed by atoms with Crippen LogP contribution >= 0.6 is 27.3 Å². The summed E-state index contributed by atoms with van der Waals surface area (Å²) in [5.41, 5.74) is 0. The Morgan fingerprint density at radius 3 is 3.17 bits per heavy atom. The van der Waals surface area contributed by atoms with Crippen molar-refractivity contribution < 1.29 is 0 Å². The number of thiazole rings is 1. The molecule has 0 amide bonds. The standard InChI is InChI=1S/C8H9BrN2S/c1-2-3-4-5-10-8-11-7(9)6-12-8/h1,6H,3-5H2,(H,10,11). The van der Waals surface area contributed by atoms with Crippen LogP contribution in [0, 0.1) is 12.3 Å². The van der Waals surface area contributed by atoms with Gasteiger partial charge >= 0.3 is 0 Å². The highest BCUT2D eigenvalue weighted by atomic mass is 79.9. The van der Waals surface area contributed by atoms with E-state index in [1.54, 1.807) is 11.3 Å². The minimum Gasteiger partial charge on any atom is -0.361 e. The van der Waals surface area contributed by atoms with Crippen LogP contribution in [0.4, 0.5) is 5.13 Å². The van der Waals surface area contributed by atoms with Gasteiger partial charge in [-0.1, -0.05) is 0 Å². The molecule has 0 aliphatic heterocycles. The lowest BCUT2D eigenvalue weighted by atomic mass is 10.3. The number of rotatable bonds is 4. The molecule has 4 heteroatoms. The fourth-order valence-corrected chi connectivity index (χ4v) is 1.89. The van der Waals surface area contributed by atoms with E-state index in [0.29, 0.717) is 0 Å². The van der Waals surface area contributed by atoms with Crippen molar-refractivity contribution in [3.63, 3.8) is 0 Å². The number of hydrogen-bond acceptors (Lipinski definition) is 3. The highest BCUT2D eigenvalue weighted by molar-refractivity contribution is 9.10. The van der Waals surface area contributed by atoms with Gasteiger partial charge in [0, 0.05) is 18.3 Å². The molecule has 1 aromatic rings. The fourth-order valence-electron chi connectivity index (χ4n) is 0.721. The second-order valence-corrected chi connectivity index (χ2v) is 3.88. The van der Waals surface area contributed by atoms with Crippen molar-refractivity contribution in [2.24, 2.45) is 0 Å². The smallest absolute Gasteiger partial charge is 0.183 e. The molecule has 0 radical (unpaired) electrons. The van der Waals surface area contributed by atoms with Gasteiger partial charge < -0.3 is 5.32 Å². The molecule has 0 saturated heterocycles. The van der Waals surface area contributed by atoms with E-state index in [-0.39, 0.29) is 0 Å². The summed E-state index contributed by atoms with van der Waals surface area (Å²) < 4.78 is 0.881. The first-order chi connectivity index (χ1) is 5.83. The Balaban J connectivity index is 2.21. The molecule has 64 valence electrons. The predicted molar refractivity (Wildman–Crippen MR) is 56.4 cm³/mol. The number of hydrogen-bond donors (Lipinski definition) is 1. The highest BCUT2D eigenvalue weighted by Gasteiger charge is 1.96. The van der Waals surface area contributed by atoms with Crippen molar-refractivity contribution in [3.05, 3.63) is 9.98 Å². The Morgan fingerprint density at radius 2 is 2.58 bits per heavy atom. The van der Waals surface area contributed by atoms with Crippen LogP contribution in [0.3, 0.4) is 0 Å². The van der Waals surface area contributed by atoms with E-state index in [1.165, 1.54) is 0 Å². The highest BCUT2D eigenvalue weighted by Crippen LogP contribution is 2.18. The molecular weight excluding hydrogens is 236 g/mol. The lowest BCUT2D eigenvalue weighted by Gasteiger charge is -1.98. The SMILES string of the molecule is C#CCCCNc1nc(Br)cs1. The van der Waals surface area contributed by atoms with Crippen LogP contribution in [0.1, 0.15) is 12.8 Å². The van der Waals surface area contributed by atoms with Crippen molar-refractivity contribution >= 4 is 32.4 Å². The Kier molecular flexibility index (Phi) is 4.12. The van der Waals surface area contributed by atoms with Gasteiger partial charge in [-0.05, 0) is 22.4 Å². The number of terminal acetylenes is 1. The number of unbranched alkanes of at least 4 members (excludes halogenated alkanes) is 1. The zero-order valence-corrected chi connectivity index (χ0v) is 8.91. The van der Waals surface area contributed by atoms with Crippen molar-refractivity contribution in [1.29, 1.82) is 0 Å². The monoisotopic (exact) mass is 244 g/mol. The maximum absolute atomic E-state index is 5.11. The van der Waals surface area contributed by atoms with Gasteiger partial charge in [0.05, 0.1) is 0 Å². The summed E-state index contributed by atoms with van der Waals surface area (Å²) in [7, 11) is 0. The van der Waals surface area contributed by atoms with Gasteiger partial charge in [-0.3, -0.25) is 0 Å². The Hall–Kier alpha value is -0.530. The third kappa shape index (κ3) is 3.24. The fraction of sp³-hybridized carbons (Fsp3) is 0.375. The average Bonchev–Trinajstić information content (AvgIpc) is 2.45. The summed E-state index contributed by atoms with van der Waals surface area (Å²) in [6.07, 6.45) is 6.93. The molecule has 0 aliphatic rings. The molecule has 0 unspecified atom stereocenters. The Morgan fingerprint density at radius 1 is 1.75 bits per heavy atom. The Bertz CT molecular complexity index is 277. The van der Waals surface area contributed by atoms with Crippen molar-refractivity contribution in [1.82, 2.24) is 4.98 Å². The molecule has 0 bridgehead atoms. The van der Waals surface area contributed by atoms with Gasteiger partial charge in [0.2, 0.25) is 0 Å². The zero-order valence-electron chi connectivity index (χ0n) is 6.51. The molecule has 2 nitrogen and oxygen atoms in total. The molecule has 12 heavy (non-hydrogen) atoms. The van der Waals surface area contributed by atoms with Crippen molar-refractivity contribution in [2.45, 2.75) is 12.8 Å². The van der Waals surface area contributed by atoms with Crippen LogP contribution in [0.2, 0.25) is 0 Å². The largest absolute Gasteiger partial charge is 0.361 e. The molecule has 0 aromatic carbocycles. The van der Waals surface area contributed by atoms with E-state index in [2.05, 4.69) is 32.2 Å². The number of halogens is 1. The third-order valence-corrected chi connectivity index (χ3v) is 2.76. The quantitative estimate of drug-likeness (QED) is 0.651. The summed E-state index contributed by atoms with van der Waals surface area (Å²) >= 11 is 4.87. The van der Waals surface area contributed by atoms with E-state index in [0.717, 1.165) is 29.1 Å². The summed E-state index contributed by atoms with van der Waals surface area (Å²) in [5.74, 6) is 2.59. The van der Waals surface area contributed by atoms with Crippen LogP contribution in [-0.4, -0.2) is 11.5 Å². The van der Waals surface area contributed by atoms with Gasteiger partial charge in [0.25, 0.3) is 0 Å². The lowest BCUT2D eigenvalue weighted by molar-refractivity contribution is 0.905. The van der Waals surface area contributed by atoms with Gasteiger partial charge in [-0.25, -0.2) is 4.98 Å². The Labute approximate surface area is 84.5 Å².